The quantitative estimate of drug-likeness (QED) is 0.764. The van der Waals surface area contributed by atoms with Crippen molar-refractivity contribution in [3.63, 3.8) is 0 Å². The van der Waals surface area contributed by atoms with E-state index in [0.717, 1.165) is 11.3 Å². The second kappa shape index (κ2) is 6.81. The van der Waals surface area contributed by atoms with Crippen LogP contribution in [0, 0.1) is 0 Å². The summed E-state index contributed by atoms with van der Waals surface area (Å²) in [5.74, 6) is -0.306. The van der Waals surface area contributed by atoms with Crippen LogP contribution in [0.15, 0.2) is 42.6 Å². The lowest BCUT2D eigenvalue weighted by Gasteiger charge is -2.12. The Morgan fingerprint density at radius 2 is 2.04 bits per heavy atom. The number of hydrogen-bond acceptors (Lipinski definition) is 3. The number of imidazole rings is 1. The Morgan fingerprint density at radius 3 is 2.75 bits per heavy atom. The number of anilines is 1. The van der Waals surface area contributed by atoms with Crippen molar-refractivity contribution in [3.8, 4) is 0 Å². The smallest absolute Gasteiger partial charge is 0.276 e. The van der Waals surface area contributed by atoms with Crippen molar-refractivity contribution in [1.82, 2.24) is 14.3 Å². The molecule has 2 heterocycles. The molecule has 0 aliphatic rings. The molecule has 0 unspecified atom stereocenters. The predicted octanol–water partition coefficient (Wildman–Crippen LogP) is 3.96. The van der Waals surface area contributed by atoms with Gasteiger partial charge in [0.05, 0.1) is 16.4 Å². The lowest BCUT2D eigenvalue weighted by Crippen LogP contribution is -2.19. The third-order valence-electron chi connectivity index (χ3n) is 3.49. The average Bonchev–Trinajstić information content (AvgIpc) is 2.88. The van der Waals surface area contributed by atoms with Gasteiger partial charge in [0.1, 0.15) is 5.65 Å². The van der Waals surface area contributed by atoms with E-state index in [1.54, 1.807) is 18.2 Å². The molecule has 0 saturated heterocycles. The number of aromatic nitrogens is 2. The first-order chi connectivity index (χ1) is 11.5. The summed E-state index contributed by atoms with van der Waals surface area (Å²) in [5, 5.41) is 3.70. The van der Waals surface area contributed by atoms with E-state index in [9.17, 15) is 4.79 Å². The number of carbonyl (C=O) groups excluding carboxylic acids is 1. The van der Waals surface area contributed by atoms with Crippen LogP contribution >= 0.6 is 23.2 Å². The molecule has 0 spiro atoms. The van der Waals surface area contributed by atoms with E-state index < -0.39 is 0 Å². The number of halogens is 2. The Kier molecular flexibility index (Phi) is 4.76. The molecule has 0 atom stereocenters. The molecule has 0 bridgehead atoms. The van der Waals surface area contributed by atoms with Crippen molar-refractivity contribution in [3.05, 3.63) is 64.0 Å². The minimum atomic E-state index is -0.306. The Labute approximate surface area is 149 Å². The fraction of sp³-hybridized carbons (Fsp3) is 0.176. The van der Waals surface area contributed by atoms with Crippen LogP contribution in [0.4, 0.5) is 5.69 Å². The van der Waals surface area contributed by atoms with Crippen LogP contribution in [0.2, 0.25) is 10.0 Å². The van der Waals surface area contributed by atoms with Crippen molar-refractivity contribution in [2.45, 2.75) is 6.54 Å². The number of carbonyl (C=O) groups is 1. The zero-order valence-corrected chi connectivity index (χ0v) is 14.8. The molecular formula is C17H16Cl2N4O. The van der Waals surface area contributed by atoms with Gasteiger partial charge in [0, 0.05) is 17.8 Å². The minimum absolute atomic E-state index is 0.306. The number of nitrogens with zero attached hydrogens (tertiary/aromatic N) is 3. The normalized spacial score (nSPS) is 11.2. The molecule has 1 N–H and O–H groups in total. The van der Waals surface area contributed by atoms with Gasteiger partial charge in [-0.05, 0) is 44.4 Å². The van der Waals surface area contributed by atoms with E-state index in [1.807, 2.05) is 47.8 Å². The highest BCUT2D eigenvalue weighted by Crippen LogP contribution is 2.26. The minimum Gasteiger partial charge on any atom is -0.319 e. The fourth-order valence-corrected chi connectivity index (χ4v) is 2.91. The van der Waals surface area contributed by atoms with Crippen molar-refractivity contribution in [1.29, 1.82) is 0 Å². The van der Waals surface area contributed by atoms with Crippen molar-refractivity contribution in [2.75, 3.05) is 19.4 Å². The van der Waals surface area contributed by atoms with Gasteiger partial charge in [-0.15, -0.1) is 0 Å². The maximum absolute atomic E-state index is 12.7. The molecular weight excluding hydrogens is 347 g/mol. The number of hydrogen-bond donors (Lipinski definition) is 1. The topological polar surface area (TPSA) is 49.6 Å². The van der Waals surface area contributed by atoms with Gasteiger partial charge in [-0.1, -0.05) is 29.3 Å². The zero-order chi connectivity index (χ0) is 17.3. The van der Waals surface area contributed by atoms with E-state index in [1.165, 1.54) is 0 Å². The first kappa shape index (κ1) is 16.8. The van der Waals surface area contributed by atoms with Crippen molar-refractivity contribution in [2.24, 2.45) is 0 Å². The monoisotopic (exact) mass is 362 g/mol. The molecule has 124 valence electrons. The van der Waals surface area contributed by atoms with Crippen LogP contribution in [0.3, 0.4) is 0 Å². The molecule has 3 rings (SSSR count). The zero-order valence-electron chi connectivity index (χ0n) is 13.3. The summed E-state index contributed by atoms with van der Waals surface area (Å²) in [6.07, 6.45) is 1.90. The van der Waals surface area contributed by atoms with Crippen LogP contribution in [0.1, 0.15) is 16.2 Å². The number of rotatable bonds is 4. The number of fused-ring (bicyclic) bond motifs is 1. The number of pyridine rings is 1. The largest absolute Gasteiger partial charge is 0.319 e. The van der Waals surface area contributed by atoms with Gasteiger partial charge >= 0.3 is 0 Å². The van der Waals surface area contributed by atoms with Gasteiger partial charge in [0.25, 0.3) is 5.91 Å². The first-order valence-corrected chi connectivity index (χ1v) is 8.08. The van der Waals surface area contributed by atoms with E-state index >= 15 is 0 Å². The summed E-state index contributed by atoms with van der Waals surface area (Å²) >= 11 is 12.0. The van der Waals surface area contributed by atoms with E-state index in [4.69, 9.17) is 23.2 Å². The SMILES string of the molecule is CN(C)Cc1c(C(=O)Nc2ccc(Cl)cc2Cl)nc2ccccn12. The number of benzene rings is 1. The van der Waals surface area contributed by atoms with Gasteiger partial charge in [0.15, 0.2) is 5.69 Å². The standard InChI is InChI=1S/C17H16Cl2N4O/c1-22(2)10-14-16(21-15-5-3-4-8-23(14)15)17(24)20-13-7-6-11(18)9-12(13)19/h3-9H,10H2,1-2H3,(H,20,24). The Hall–Kier alpha value is -2.08. The van der Waals surface area contributed by atoms with E-state index in [-0.39, 0.29) is 5.91 Å². The van der Waals surface area contributed by atoms with Gasteiger partial charge in [-0.3, -0.25) is 4.79 Å². The van der Waals surface area contributed by atoms with Crippen molar-refractivity contribution < 1.29 is 4.79 Å². The van der Waals surface area contributed by atoms with Crippen LogP contribution in [0.5, 0.6) is 0 Å². The highest BCUT2D eigenvalue weighted by atomic mass is 35.5. The maximum atomic E-state index is 12.7. The summed E-state index contributed by atoms with van der Waals surface area (Å²) in [6.45, 7) is 0.586. The highest BCUT2D eigenvalue weighted by molar-refractivity contribution is 6.36. The third kappa shape index (κ3) is 3.38. The molecule has 0 radical (unpaired) electrons. The third-order valence-corrected chi connectivity index (χ3v) is 4.04. The number of nitrogens with one attached hydrogen (secondary N) is 1. The Balaban J connectivity index is 1.99. The first-order valence-electron chi connectivity index (χ1n) is 7.33. The van der Waals surface area contributed by atoms with Gasteiger partial charge < -0.3 is 14.6 Å². The lowest BCUT2D eigenvalue weighted by molar-refractivity contribution is 0.102. The van der Waals surface area contributed by atoms with Crippen LogP contribution < -0.4 is 5.32 Å². The summed E-state index contributed by atoms with van der Waals surface area (Å²) < 4.78 is 1.92. The molecule has 7 heteroatoms. The summed E-state index contributed by atoms with van der Waals surface area (Å²) in [6, 6.07) is 10.6. The lowest BCUT2D eigenvalue weighted by atomic mass is 10.2. The Bertz CT molecular complexity index is 905. The van der Waals surface area contributed by atoms with Crippen LogP contribution in [0.25, 0.3) is 5.65 Å². The van der Waals surface area contributed by atoms with Crippen LogP contribution in [-0.4, -0.2) is 34.3 Å². The molecule has 1 amide bonds. The molecule has 0 fully saturated rings. The molecule has 1 aromatic carbocycles. The second-order valence-corrected chi connectivity index (χ2v) is 6.50. The van der Waals surface area contributed by atoms with E-state index in [2.05, 4.69) is 10.3 Å². The van der Waals surface area contributed by atoms with E-state index in [0.29, 0.717) is 28.0 Å². The summed E-state index contributed by atoms with van der Waals surface area (Å²) in [4.78, 5) is 19.2. The second-order valence-electron chi connectivity index (χ2n) is 5.65. The molecule has 0 aliphatic heterocycles. The molecule has 3 aromatic rings. The molecule has 24 heavy (non-hydrogen) atoms. The van der Waals surface area contributed by atoms with Crippen LogP contribution in [-0.2, 0) is 6.54 Å². The van der Waals surface area contributed by atoms with Gasteiger partial charge in [0.2, 0.25) is 0 Å². The maximum Gasteiger partial charge on any atom is 0.276 e. The molecule has 2 aromatic heterocycles. The number of amides is 1. The summed E-state index contributed by atoms with van der Waals surface area (Å²) in [7, 11) is 3.89. The highest BCUT2D eigenvalue weighted by Gasteiger charge is 2.20. The average molecular weight is 363 g/mol. The molecule has 0 saturated carbocycles. The molecule has 0 aliphatic carbocycles. The Morgan fingerprint density at radius 1 is 1.25 bits per heavy atom. The van der Waals surface area contributed by atoms with Crippen molar-refractivity contribution >= 4 is 40.4 Å². The summed E-state index contributed by atoms with van der Waals surface area (Å²) in [5.41, 5.74) is 2.42. The van der Waals surface area contributed by atoms with Gasteiger partial charge in [-0.2, -0.15) is 0 Å². The fourth-order valence-electron chi connectivity index (χ4n) is 2.45. The predicted molar refractivity (Wildman–Crippen MR) is 97.0 cm³/mol. The van der Waals surface area contributed by atoms with Gasteiger partial charge in [-0.25, -0.2) is 4.98 Å². The molecule has 5 nitrogen and oxygen atoms in total.